The molecule has 3 amide bonds. The van der Waals surface area contributed by atoms with Crippen LogP contribution in [0.5, 0.6) is 0 Å². The zero-order chi connectivity index (χ0) is 21.1. The van der Waals surface area contributed by atoms with Gasteiger partial charge in [0.05, 0.1) is 10.2 Å². The van der Waals surface area contributed by atoms with E-state index in [0.29, 0.717) is 18.2 Å². The Kier molecular flexibility index (Phi) is 8.34. The first-order valence-electron chi connectivity index (χ1n) is 10.1. The third-order valence-electron chi connectivity index (χ3n) is 5.51. The average Bonchev–Trinajstić information content (AvgIpc) is 3.23. The normalized spacial score (nSPS) is 14.0. The summed E-state index contributed by atoms with van der Waals surface area (Å²) in [6.45, 7) is 11.0. The quantitative estimate of drug-likeness (QED) is 0.575. The van der Waals surface area contributed by atoms with E-state index in [2.05, 4.69) is 31.7 Å². The van der Waals surface area contributed by atoms with E-state index in [1.807, 2.05) is 13.0 Å². The Hall–Kier alpha value is -2.03. The summed E-state index contributed by atoms with van der Waals surface area (Å²) in [6, 6.07) is 4.12. The SMILES string of the molecule is CCN(CC)CCN(C(=O)CN1C(=O)CCC1=O)c1nc2cc(C)c(C)cc2s1.Cl. The summed E-state index contributed by atoms with van der Waals surface area (Å²) < 4.78 is 1.03. The highest BCUT2D eigenvalue weighted by molar-refractivity contribution is 7.22. The van der Waals surface area contributed by atoms with Crippen LogP contribution in [0, 0.1) is 13.8 Å². The predicted octanol–water partition coefficient (Wildman–Crippen LogP) is 3.16. The number of likely N-dealkylation sites (N-methyl/N-ethyl adjacent to an activating group) is 1. The number of benzene rings is 1. The number of thiazole rings is 1. The number of anilines is 1. The van der Waals surface area contributed by atoms with Gasteiger partial charge in [0.15, 0.2) is 5.13 Å². The van der Waals surface area contributed by atoms with Gasteiger partial charge in [0.2, 0.25) is 17.7 Å². The van der Waals surface area contributed by atoms with Gasteiger partial charge in [-0.25, -0.2) is 4.98 Å². The molecular formula is C21H29ClN4O3S. The van der Waals surface area contributed by atoms with Crippen LogP contribution in [0.4, 0.5) is 5.13 Å². The third kappa shape index (κ3) is 5.17. The molecule has 30 heavy (non-hydrogen) atoms. The second-order valence-electron chi connectivity index (χ2n) is 7.35. The zero-order valence-electron chi connectivity index (χ0n) is 17.9. The highest BCUT2D eigenvalue weighted by Crippen LogP contribution is 2.31. The lowest BCUT2D eigenvalue weighted by Gasteiger charge is -2.26. The summed E-state index contributed by atoms with van der Waals surface area (Å²) in [5.74, 6) is -0.821. The van der Waals surface area contributed by atoms with Crippen molar-refractivity contribution in [3.63, 3.8) is 0 Å². The van der Waals surface area contributed by atoms with Crippen molar-refractivity contribution in [3.8, 4) is 0 Å². The van der Waals surface area contributed by atoms with E-state index in [1.54, 1.807) is 4.90 Å². The van der Waals surface area contributed by atoms with Gasteiger partial charge in [0.25, 0.3) is 0 Å². The Morgan fingerprint density at radius 2 is 1.67 bits per heavy atom. The van der Waals surface area contributed by atoms with E-state index in [4.69, 9.17) is 4.98 Å². The van der Waals surface area contributed by atoms with Gasteiger partial charge in [-0.1, -0.05) is 25.2 Å². The molecule has 7 nitrogen and oxygen atoms in total. The van der Waals surface area contributed by atoms with Gasteiger partial charge in [-0.3, -0.25) is 24.2 Å². The Labute approximate surface area is 187 Å². The highest BCUT2D eigenvalue weighted by Gasteiger charge is 2.32. The summed E-state index contributed by atoms with van der Waals surface area (Å²) in [4.78, 5) is 46.7. The van der Waals surface area contributed by atoms with Crippen molar-refractivity contribution in [1.29, 1.82) is 0 Å². The van der Waals surface area contributed by atoms with Gasteiger partial charge in [0.1, 0.15) is 6.54 Å². The summed E-state index contributed by atoms with van der Waals surface area (Å²) in [6.07, 6.45) is 0.372. The molecule has 0 atom stereocenters. The summed E-state index contributed by atoms with van der Waals surface area (Å²) >= 11 is 1.47. The molecule has 1 fully saturated rings. The number of rotatable bonds is 8. The Balaban J connectivity index is 0.00000320. The molecule has 0 saturated carbocycles. The fourth-order valence-electron chi connectivity index (χ4n) is 3.41. The van der Waals surface area contributed by atoms with Crippen LogP contribution in [0.25, 0.3) is 10.2 Å². The minimum Gasteiger partial charge on any atom is -0.302 e. The largest absolute Gasteiger partial charge is 0.302 e. The maximum atomic E-state index is 13.1. The van der Waals surface area contributed by atoms with Gasteiger partial charge in [-0.05, 0) is 50.2 Å². The summed E-state index contributed by atoms with van der Waals surface area (Å²) in [5.41, 5.74) is 3.20. The van der Waals surface area contributed by atoms with Crippen LogP contribution in [-0.4, -0.2) is 65.2 Å². The monoisotopic (exact) mass is 452 g/mol. The van der Waals surface area contributed by atoms with Crippen LogP contribution < -0.4 is 4.90 Å². The standard InChI is InChI=1S/C21H28N4O3S.ClH/c1-5-23(6-2)9-10-24(20(28)13-25-18(26)7-8-19(25)27)21-22-16-11-14(3)15(4)12-17(16)29-21;/h11-12H,5-10,13H2,1-4H3;1H. The first-order chi connectivity index (χ1) is 13.8. The first-order valence-corrected chi connectivity index (χ1v) is 10.9. The number of nitrogens with zero attached hydrogens (tertiary/aromatic N) is 4. The van der Waals surface area contributed by atoms with Crippen LogP contribution in [0.15, 0.2) is 12.1 Å². The molecule has 1 aromatic heterocycles. The second kappa shape index (κ2) is 10.3. The smallest absolute Gasteiger partial charge is 0.248 e. The number of aryl methyl sites for hydroxylation is 2. The molecule has 3 rings (SSSR count). The van der Waals surface area contributed by atoms with Crippen molar-refractivity contribution in [3.05, 3.63) is 23.3 Å². The Morgan fingerprint density at radius 1 is 1.07 bits per heavy atom. The number of carbonyl (C=O) groups is 3. The molecule has 0 unspecified atom stereocenters. The maximum Gasteiger partial charge on any atom is 0.248 e. The van der Waals surface area contributed by atoms with Gasteiger partial charge < -0.3 is 4.90 Å². The summed E-state index contributed by atoms with van der Waals surface area (Å²) in [7, 11) is 0. The maximum absolute atomic E-state index is 13.1. The van der Waals surface area contributed by atoms with E-state index >= 15 is 0 Å². The number of aromatic nitrogens is 1. The molecule has 0 bridgehead atoms. The number of hydrogen-bond donors (Lipinski definition) is 0. The third-order valence-corrected chi connectivity index (χ3v) is 6.55. The average molecular weight is 453 g/mol. The van der Waals surface area contributed by atoms with Gasteiger partial charge in [0, 0.05) is 25.9 Å². The number of carbonyl (C=O) groups excluding carboxylic acids is 3. The molecule has 2 heterocycles. The highest BCUT2D eigenvalue weighted by atomic mass is 35.5. The van der Waals surface area contributed by atoms with Crippen molar-refractivity contribution < 1.29 is 14.4 Å². The number of hydrogen-bond acceptors (Lipinski definition) is 6. The molecule has 1 aliphatic heterocycles. The lowest BCUT2D eigenvalue weighted by molar-refractivity contribution is -0.141. The van der Waals surface area contributed by atoms with E-state index in [9.17, 15) is 14.4 Å². The number of halogens is 1. The van der Waals surface area contributed by atoms with E-state index in [1.165, 1.54) is 16.9 Å². The molecule has 0 aliphatic carbocycles. The topological polar surface area (TPSA) is 73.8 Å². The number of imide groups is 1. The molecule has 1 saturated heterocycles. The number of amides is 3. The molecule has 1 aliphatic rings. The van der Waals surface area contributed by atoms with E-state index < -0.39 is 0 Å². The van der Waals surface area contributed by atoms with Crippen LogP contribution in [0.1, 0.15) is 37.8 Å². The van der Waals surface area contributed by atoms with Gasteiger partial charge in [-0.2, -0.15) is 0 Å². The molecule has 0 radical (unpaired) electrons. The molecule has 9 heteroatoms. The van der Waals surface area contributed by atoms with Gasteiger partial charge >= 0.3 is 0 Å². The molecule has 0 N–H and O–H groups in total. The first kappa shape index (κ1) is 24.2. The predicted molar refractivity (Wildman–Crippen MR) is 122 cm³/mol. The molecular weight excluding hydrogens is 424 g/mol. The minimum absolute atomic E-state index is 0. The molecule has 164 valence electrons. The van der Waals surface area contributed by atoms with E-state index in [-0.39, 0.29) is 49.5 Å². The molecule has 0 spiro atoms. The Bertz CT molecular complexity index is 887. The molecule has 2 aromatic rings. The van der Waals surface area contributed by atoms with Crippen molar-refractivity contribution in [2.75, 3.05) is 37.6 Å². The van der Waals surface area contributed by atoms with Crippen LogP contribution in [0.2, 0.25) is 0 Å². The molecule has 1 aromatic carbocycles. The second-order valence-corrected chi connectivity index (χ2v) is 8.36. The fourth-order valence-corrected chi connectivity index (χ4v) is 4.50. The zero-order valence-corrected chi connectivity index (χ0v) is 19.6. The Morgan fingerprint density at radius 3 is 2.27 bits per heavy atom. The van der Waals surface area contributed by atoms with Crippen molar-refractivity contribution in [2.45, 2.75) is 40.5 Å². The van der Waals surface area contributed by atoms with Crippen molar-refractivity contribution >= 4 is 56.8 Å². The lowest BCUT2D eigenvalue weighted by atomic mass is 10.1. The number of likely N-dealkylation sites (tertiary alicyclic amines) is 1. The number of fused-ring (bicyclic) bond motifs is 1. The summed E-state index contributed by atoms with van der Waals surface area (Å²) in [5, 5.41) is 0.612. The van der Waals surface area contributed by atoms with Crippen LogP contribution >= 0.6 is 23.7 Å². The lowest BCUT2D eigenvalue weighted by Crippen LogP contribution is -2.45. The van der Waals surface area contributed by atoms with Crippen molar-refractivity contribution in [2.24, 2.45) is 0 Å². The fraction of sp³-hybridized carbons (Fsp3) is 0.524. The van der Waals surface area contributed by atoms with E-state index in [0.717, 1.165) is 33.8 Å². The van der Waals surface area contributed by atoms with Crippen LogP contribution in [0.3, 0.4) is 0 Å². The minimum atomic E-state index is -0.275. The van der Waals surface area contributed by atoms with Crippen LogP contribution in [-0.2, 0) is 14.4 Å². The van der Waals surface area contributed by atoms with Gasteiger partial charge in [-0.15, -0.1) is 12.4 Å². The van der Waals surface area contributed by atoms with Crippen molar-refractivity contribution in [1.82, 2.24) is 14.8 Å².